The molecule has 0 N–H and O–H groups in total. The lowest BCUT2D eigenvalue weighted by molar-refractivity contribution is 0.367. The van der Waals surface area contributed by atoms with E-state index in [1.54, 1.807) is 7.11 Å². The molecule has 0 amide bonds. The molecule has 84 valence electrons. The number of allylic oxidation sites excluding steroid dienone is 1. The number of pyridine rings is 1. The number of fused-ring (bicyclic) bond motifs is 2. The van der Waals surface area contributed by atoms with Gasteiger partial charge in [0.15, 0.2) is 0 Å². The van der Waals surface area contributed by atoms with E-state index in [1.807, 2.05) is 24.3 Å². The van der Waals surface area contributed by atoms with Gasteiger partial charge in [-0.3, -0.25) is 0 Å². The van der Waals surface area contributed by atoms with Crippen LogP contribution in [0.2, 0.25) is 0 Å². The molecule has 2 nitrogen and oxygen atoms in total. The molecule has 0 aliphatic heterocycles. The lowest BCUT2D eigenvalue weighted by Gasteiger charge is -2.17. The van der Waals surface area contributed by atoms with Crippen molar-refractivity contribution in [1.82, 2.24) is 4.98 Å². The second-order valence-electron chi connectivity index (χ2n) is 3.98. The van der Waals surface area contributed by atoms with Crippen molar-refractivity contribution in [1.29, 1.82) is 0 Å². The fourth-order valence-electron chi connectivity index (χ4n) is 2.09. The Morgan fingerprint density at radius 3 is 2.94 bits per heavy atom. The van der Waals surface area contributed by atoms with Gasteiger partial charge >= 0.3 is 0 Å². The quantitative estimate of drug-likeness (QED) is 0.715. The minimum absolute atomic E-state index is 0.755. The fourth-order valence-corrected chi connectivity index (χ4v) is 2.33. The van der Waals surface area contributed by atoms with Crippen molar-refractivity contribution in [3.63, 3.8) is 0 Å². The average molecular weight is 241 g/mol. The van der Waals surface area contributed by atoms with E-state index in [1.165, 1.54) is 0 Å². The van der Waals surface area contributed by atoms with E-state index in [0.717, 1.165) is 39.2 Å². The SMILES string of the molecule is COC1=CCC(=S)c2cc3ccccc3nc21. The smallest absolute Gasteiger partial charge is 0.141 e. The molecule has 2 aromatic rings. The van der Waals surface area contributed by atoms with Crippen LogP contribution in [0, 0.1) is 0 Å². The number of thiocarbonyl (C=S) groups is 1. The molecule has 0 saturated carbocycles. The predicted molar refractivity (Wildman–Crippen MR) is 73.0 cm³/mol. The number of hydrogen-bond donors (Lipinski definition) is 0. The van der Waals surface area contributed by atoms with Crippen LogP contribution in [0.3, 0.4) is 0 Å². The van der Waals surface area contributed by atoms with E-state index in [9.17, 15) is 0 Å². The normalized spacial score (nSPS) is 14.4. The van der Waals surface area contributed by atoms with Crippen molar-refractivity contribution in [3.05, 3.63) is 47.7 Å². The molecule has 0 atom stereocenters. The van der Waals surface area contributed by atoms with E-state index in [2.05, 4.69) is 17.1 Å². The van der Waals surface area contributed by atoms with Gasteiger partial charge in [0.05, 0.1) is 12.6 Å². The van der Waals surface area contributed by atoms with Gasteiger partial charge in [-0.15, -0.1) is 0 Å². The molecule has 1 aliphatic rings. The Morgan fingerprint density at radius 1 is 1.29 bits per heavy atom. The first-order chi connectivity index (χ1) is 8.29. The van der Waals surface area contributed by atoms with E-state index < -0.39 is 0 Å². The van der Waals surface area contributed by atoms with Gasteiger partial charge in [0.25, 0.3) is 0 Å². The third-order valence-corrected chi connectivity index (χ3v) is 3.34. The van der Waals surface area contributed by atoms with Gasteiger partial charge in [0.2, 0.25) is 0 Å². The maximum Gasteiger partial charge on any atom is 0.141 e. The Hall–Kier alpha value is -1.74. The van der Waals surface area contributed by atoms with Gasteiger partial charge in [-0.2, -0.15) is 0 Å². The molecule has 1 heterocycles. The zero-order valence-corrected chi connectivity index (χ0v) is 10.3. The number of para-hydroxylation sites is 1. The number of nitrogens with zero attached hydrogens (tertiary/aromatic N) is 1. The number of aromatic nitrogens is 1. The van der Waals surface area contributed by atoms with Crippen LogP contribution in [0.15, 0.2) is 36.4 Å². The molecule has 0 unspecified atom stereocenters. The number of rotatable bonds is 1. The minimum atomic E-state index is 0.755. The van der Waals surface area contributed by atoms with Gasteiger partial charge < -0.3 is 4.74 Å². The molecule has 0 spiro atoms. The van der Waals surface area contributed by atoms with Crippen LogP contribution in [0.4, 0.5) is 0 Å². The molecular formula is C14H11NOS. The van der Waals surface area contributed by atoms with Crippen LogP contribution in [0.1, 0.15) is 17.7 Å². The van der Waals surface area contributed by atoms with Crippen molar-refractivity contribution in [3.8, 4) is 0 Å². The van der Waals surface area contributed by atoms with Crippen molar-refractivity contribution in [2.75, 3.05) is 7.11 Å². The van der Waals surface area contributed by atoms with Crippen molar-refractivity contribution in [2.24, 2.45) is 0 Å². The molecule has 1 aromatic carbocycles. The third-order valence-electron chi connectivity index (χ3n) is 2.95. The summed E-state index contributed by atoms with van der Waals surface area (Å²) < 4.78 is 5.35. The van der Waals surface area contributed by atoms with Crippen molar-refractivity contribution >= 4 is 33.7 Å². The van der Waals surface area contributed by atoms with Gasteiger partial charge in [0, 0.05) is 22.2 Å². The Kier molecular flexibility index (Phi) is 2.41. The Morgan fingerprint density at radius 2 is 2.12 bits per heavy atom. The van der Waals surface area contributed by atoms with E-state index in [4.69, 9.17) is 17.0 Å². The van der Waals surface area contributed by atoms with Crippen LogP contribution in [0.25, 0.3) is 16.7 Å². The minimum Gasteiger partial charge on any atom is -0.495 e. The summed E-state index contributed by atoms with van der Waals surface area (Å²) in [6, 6.07) is 10.1. The lowest BCUT2D eigenvalue weighted by atomic mass is 9.98. The van der Waals surface area contributed by atoms with Crippen LogP contribution >= 0.6 is 12.2 Å². The van der Waals surface area contributed by atoms with E-state index >= 15 is 0 Å². The molecule has 0 saturated heterocycles. The Balaban J connectivity index is 2.33. The number of ether oxygens (including phenoxy) is 1. The molecule has 1 aliphatic carbocycles. The number of methoxy groups -OCH3 is 1. The largest absolute Gasteiger partial charge is 0.495 e. The lowest BCUT2D eigenvalue weighted by Crippen LogP contribution is -2.10. The topological polar surface area (TPSA) is 22.1 Å². The second-order valence-corrected chi connectivity index (χ2v) is 4.47. The molecule has 1 aromatic heterocycles. The summed E-state index contributed by atoms with van der Waals surface area (Å²) >= 11 is 5.38. The first-order valence-corrected chi connectivity index (χ1v) is 5.88. The highest BCUT2D eigenvalue weighted by Crippen LogP contribution is 2.28. The summed E-state index contributed by atoms with van der Waals surface area (Å²) in [6.07, 6.45) is 2.75. The van der Waals surface area contributed by atoms with Crippen LogP contribution in [-0.2, 0) is 4.74 Å². The zero-order valence-electron chi connectivity index (χ0n) is 9.43. The van der Waals surface area contributed by atoms with Crippen molar-refractivity contribution < 1.29 is 4.74 Å². The highest BCUT2D eigenvalue weighted by atomic mass is 32.1. The molecular weight excluding hydrogens is 230 g/mol. The molecule has 3 heteroatoms. The Bertz CT molecular complexity index is 646. The monoisotopic (exact) mass is 241 g/mol. The number of benzene rings is 1. The highest BCUT2D eigenvalue weighted by molar-refractivity contribution is 7.80. The summed E-state index contributed by atoms with van der Waals surface area (Å²) in [5.41, 5.74) is 2.86. The van der Waals surface area contributed by atoms with Gasteiger partial charge in [-0.05, 0) is 18.2 Å². The van der Waals surface area contributed by atoms with Gasteiger partial charge in [-0.25, -0.2) is 4.98 Å². The standard InChI is InChI=1S/C14H11NOS/c1-16-12-6-7-13(17)10-8-9-4-2-3-5-11(9)15-14(10)12/h2-6,8H,7H2,1H3. The van der Waals surface area contributed by atoms with Crippen LogP contribution in [0.5, 0.6) is 0 Å². The second kappa shape index (κ2) is 3.93. The van der Waals surface area contributed by atoms with Crippen molar-refractivity contribution in [2.45, 2.75) is 6.42 Å². The van der Waals surface area contributed by atoms with E-state index in [0.29, 0.717) is 0 Å². The molecule has 0 radical (unpaired) electrons. The van der Waals surface area contributed by atoms with Crippen LogP contribution in [-0.4, -0.2) is 17.0 Å². The average Bonchev–Trinajstić information content (AvgIpc) is 2.38. The summed E-state index contributed by atoms with van der Waals surface area (Å²) in [4.78, 5) is 5.57. The Labute approximate surface area is 105 Å². The summed E-state index contributed by atoms with van der Waals surface area (Å²) in [5, 5.41) is 1.12. The fraction of sp³-hybridized carbons (Fsp3) is 0.143. The third kappa shape index (κ3) is 1.63. The maximum absolute atomic E-state index is 5.38. The molecule has 0 bridgehead atoms. The van der Waals surface area contributed by atoms with Gasteiger partial charge in [0.1, 0.15) is 11.5 Å². The van der Waals surface area contributed by atoms with E-state index in [-0.39, 0.29) is 0 Å². The maximum atomic E-state index is 5.38. The summed E-state index contributed by atoms with van der Waals surface area (Å²) in [6.45, 7) is 0. The predicted octanol–water partition coefficient (Wildman–Crippen LogP) is 3.34. The first-order valence-electron chi connectivity index (χ1n) is 5.47. The zero-order chi connectivity index (χ0) is 11.8. The highest BCUT2D eigenvalue weighted by Gasteiger charge is 2.19. The number of hydrogen-bond acceptors (Lipinski definition) is 3. The van der Waals surface area contributed by atoms with Gasteiger partial charge in [-0.1, -0.05) is 30.4 Å². The summed E-state index contributed by atoms with van der Waals surface area (Å²) in [7, 11) is 1.67. The molecule has 3 rings (SSSR count). The molecule has 0 fully saturated rings. The molecule has 17 heavy (non-hydrogen) atoms. The summed E-state index contributed by atoms with van der Waals surface area (Å²) in [5.74, 6) is 0.819. The first kappa shape index (κ1) is 10.4. The van der Waals surface area contributed by atoms with Crippen LogP contribution < -0.4 is 0 Å².